The first-order valence-electron chi connectivity index (χ1n) is 7.19. The van der Waals surface area contributed by atoms with E-state index in [0.29, 0.717) is 0 Å². The summed E-state index contributed by atoms with van der Waals surface area (Å²) in [4.78, 5) is 0. The van der Waals surface area contributed by atoms with Crippen LogP contribution in [-0.2, 0) is 0 Å². The van der Waals surface area contributed by atoms with E-state index in [2.05, 4.69) is 45.6 Å². The van der Waals surface area contributed by atoms with Gasteiger partial charge in [-0.3, -0.25) is 0 Å². The minimum absolute atomic E-state index is 0.265. The summed E-state index contributed by atoms with van der Waals surface area (Å²) in [5, 5.41) is 0. The zero-order valence-corrected chi connectivity index (χ0v) is 12.1. The number of rotatable bonds is 4. The largest absolute Gasteiger partial charge is 0.121 e. The normalized spacial score (nSPS) is 16.1. The molecule has 0 atom stereocenters. The molecule has 17 heavy (non-hydrogen) atoms. The second-order valence-corrected chi connectivity index (χ2v) is 6.15. The molecule has 0 aromatic rings. The van der Waals surface area contributed by atoms with Crippen molar-refractivity contribution in [1.82, 2.24) is 0 Å². The third-order valence-corrected chi connectivity index (χ3v) is 3.44. The molecule has 0 nitrogen and oxygen atoms in total. The molecule has 0 saturated carbocycles. The molecular weight excluding hydrogens is 204 g/mol. The van der Waals surface area contributed by atoms with Gasteiger partial charge >= 0.3 is 0 Å². The molecule has 0 heterocycles. The van der Waals surface area contributed by atoms with Crippen LogP contribution in [0.4, 0.5) is 0 Å². The van der Waals surface area contributed by atoms with Gasteiger partial charge in [0.15, 0.2) is 0 Å². The highest BCUT2D eigenvalue weighted by Crippen LogP contribution is 2.29. The van der Waals surface area contributed by atoms with E-state index in [1.165, 1.54) is 56.1 Å². The highest BCUT2D eigenvalue weighted by atomic mass is 14.2. The van der Waals surface area contributed by atoms with Crippen LogP contribution < -0.4 is 0 Å². The minimum Gasteiger partial charge on any atom is -0.121 e. The highest BCUT2D eigenvalue weighted by Gasteiger charge is 2.15. The summed E-state index contributed by atoms with van der Waals surface area (Å²) < 4.78 is 0. The summed E-state index contributed by atoms with van der Waals surface area (Å²) in [6.07, 6.45) is 13.6. The van der Waals surface area contributed by atoms with Gasteiger partial charge < -0.3 is 0 Å². The average Bonchev–Trinajstić information content (AvgIpc) is 2.29. The highest BCUT2D eigenvalue weighted by molar-refractivity contribution is 5.23. The molecule has 0 amide bonds. The summed E-state index contributed by atoms with van der Waals surface area (Å²) in [5.41, 5.74) is 6.82. The zero-order chi connectivity index (χ0) is 12.7. The minimum atomic E-state index is 0.265. The lowest BCUT2D eigenvalue weighted by Gasteiger charge is -2.21. The first-order valence-corrected chi connectivity index (χ1v) is 7.19. The molecule has 0 aromatic carbocycles. The standard InChI is InChI=1S/C17H28/c1-5-6-12-16(17(2,3)4)14-13-15-10-8-7-9-11-15/h10,13H,5-9,11-12H2,1-4H3. The zero-order valence-electron chi connectivity index (χ0n) is 12.1. The van der Waals surface area contributed by atoms with Crippen molar-refractivity contribution < 1.29 is 0 Å². The van der Waals surface area contributed by atoms with Crippen LogP contribution in [0.15, 0.2) is 29.0 Å². The van der Waals surface area contributed by atoms with Crippen LogP contribution in [-0.4, -0.2) is 0 Å². The molecule has 0 saturated heterocycles. The van der Waals surface area contributed by atoms with Crippen molar-refractivity contribution in [3.8, 4) is 0 Å². The second-order valence-electron chi connectivity index (χ2n) is 6.15. The molecule has 1 aliphatic carbocycles. The Morgan fingerprint density at radius 3 is 2.65 bits per heavy atom. The van der Waals surface area contributed by atoms with Crippen molar-refractivity contribution >= 4 is 0 Å². The van der Waals surface area contributed by atoms with Crippen LogP contribution >= 0.6 is 0 Å². The van der Waals surface area contributed by atoms with Gasteiger partial charge in [0.1, 0.15) is 0 Å². The summed E-state index contributed by atoms with van der Waals surface area (Å²) in [6.45, 7) is 9.16. The Morgan fingerprint density at radius 1 is 1.35 bits per heavy atom. The summed E-state index contributed by atoms with van der Waals surface area (Å²) in [7, 11) is 0. The van der Waals surface area contributed by atoms with E-state index in [4.69, 9.17) is 0 Å². The maximum atomic E-state index is 3.59. The SMILES string of the molecule is CCCCC(=C=CC1=CCCCC1)C(C)(C)C. The molecule has 0 bridgehead atoms. The van der Waals surface area contributed by atoms with E-state index in [-0.39, 0.29) is 5.41 Å². The van der Waals surface area contributed by atoms with Gasteiger partial charge in [0.05, 0.1) is 0 Å². The summed E-state index contributed by atoms with van der Waals surface area (Å²) in [5.74, 6) is 0. The molecule has 0 heteroatoms. The second kappa shape index (κ2) is 6.87. The predicted octanol–water partition coefficient (Wildman–Crippen LogP) is 5.80. The molecule has 0 fully saturated rings. The Hall–Kier alpha value is -0.740. The molecule has 0 aliphatic heterocycles. The van der Waals surface area contributed by atoms with Crippen LogP contribution in [0.5, 0.6) is 0 Å². The first-order chi connectivity index (χ1) is 8.04. The van der Waals surface area contributed by atoms with E-state index < -0.39 is 0 Å². The van der Waals surface area contributed by atoms with Crippen LogP contribution in [0.2, 0.25) is 0 Å². The van der Waals surface area contributed by atoms with Crippen LogP contribution in [0.1, 0.15) is 72.6 Å². The van der Waals surface area contributed by atoms with Gasteiger partial charge in [-0.15, -0.1) is 5.73 Å². The van der Waals surface area contributed by atoms with Gasteiger partial charge in [0, 0.05) is 0 Å². The molecule has 1 aliphatic rings. The molecule has 0 aromatic heterocycles. The lowest BCUT2D eigenvalue weighted by Crippen LogP contribution is -2.08. The summed E-state index contributed by atoms with van der Waals surface area (Å²) >= 11 is 0. The number of allylic oxidation sites excluding steroid dienone is 3. The van der Waals surface area contributed by atoms with Crippen molar-refractivity contribution in [3.05, 3.63) is 29.0 Å². The van der Waals surface area contributed by atoms with Crippen molar-refractivity contribution in [2.24, 2.45) is 5.41 Å². The fraction of sp³-hybridized carbons (Fsp3) is 0.706. The van der Waals surface area contributed by atoms with Gasteiger partial charge in [-0.25, -0.2) is 0 Å². The maximum Gasteiger partial charge on any atom is -0.00971 e. The fourth-order valence-electron chi connectivity index (χ4n) is 2.19. The lowest BCUT2D eigenvalue weighted by molar-refractivity contribution is 0.477. The predicted molar refractivity (Wildman–Crippen MR) is 77.1 cm³/mol. The van der Waals surface area contributed by atoms with Crippen molar-refractivity contribution in [2.75, 3.05) is 0 Å². The van der Waals surface area contributed by atoms with Crippen molar-refractivity contribution in [1.29, 1.82) is 0 Å². The van der Waals surface area contributed by atoms with E-state index in [9.17, 15) is 0 Å². The first kappa shape index (κ1) is 14.3. The maximum absolute atomic E-state index is 3.59. The number of hydrogen-bond acceptors (Lipinski definition) is 0. The Labute approximate surface area is 108 Å². The van der Waals surface area contributed by atoms with Crippen molar-refractivity contribution in [2.45, 2.75) is 72.6 Å². The Bertz CT molecular complexity index is 316. The van der Waals surface area contributed by atoms with Gasteiger partial charge in [0.25, 0.3) is 0 Å². The fourth-order valence-corrected chi connectivity index (χ4v) is 2.19. The summed E-state index contributed by atoms with van der Waals surface area (Å²) in [6, 6.07) is 0. The van der Waals surface area contributed by atoms with Crippen LogP contribution in [0.3, 0.4) is 0 Å². The Balaban J connectivity index is 2.80. The molecule has 0 spiro atoms. The molecular formula is C17H28. The molecule has 0 unspecified atom stereocenters. The third kappa shape index (κ3) is 5.41. The number of unbranched alkanes of at least 4 members (excludes halogenated alkanes) is 1. The average molecular weight is 232 g/mol. The number of hydrogen-bond donors (Lipinski definition) is 0. The van der Waals surface area contributed by atoms with Gasteiger partial charge in [0.2, 0.25) is 0 Å². The van der Waals surface area contributed by atoms with Crippen LogP contribution in [0.25, 0.3) is 0 Å². The molecule has 1 rings (SSSR count). The smallest absolute Gasteiger partial charge is 0.00971 e. The van der Waals surface area contributed by atoms with E-state index in [0.717, 1.165) is 0 Å². The molecule has 0 N–H and O–H groups in total. The van der Waals surface area contributed by atoms with Gasteiger partial charge in [-0.2, -0.15) is 0 Å². The third-order valence-electron chi connectivity index (χ3n) is 3.44. The topological polar surface area (TPSA) is 0 Å². The van der Waals surface area contributed by atoms with Crippen LogP contribution in [0, 0.1) is 5.41 Å². The van der Waals surface area contributed by atoms with Gasteiger partial charge in [-0.05, 0) is 61.2 Å². The van der Waals surface area contributed by atoms with E-state index in [1.807, 2.05) is 0 Å². The quantitative estimate of drug-likeness (QED) is 0.537. The Morgan fingerprint density at radius 2 is 2.12 bits per heavy atom. The van der Waals surface area contributed by atoms with E-state index >= 15 is 0 Å². The lowest BCUT2D eigenvalue weighted by atomic mass is 9.84. The van der Waals surface area contributed by atoms with Gasteiger partial charge in [-0.1, -0.05) is 40.2 Å². The Kier molecular flexibility index (Phi) is 5.78. The van der Waals surface area contributed by atoms with Crippen molar-refractivity contribution in [3.63, 3.8) is 0 Å². The monoisotopic (exact) mass is 232 g/mol. The molecule has 96 valence electrons. The molecule has 0 radical (unpaired) electrons. The van der Waals surface area contributed by atoms with E-state index in [1.54, 1.807) is 0 Å².